The van der Waals surface area contributed by atoms with Gasteiger partial charge in [0.25, 0.3) is 5.91 Å². The standard InChI is InChI=1S/C21H19Br2N5O2/c1-24-19-10-14(30-15-7-8-26-20(11-15)21(29)25-2)4-6-18(19)28-12-27-17-5-3-13(22)9-16(17)23/h3-11,27-28H,1,12H2,2H3,(H,25,29). The predicted octanol–water partition coefficient (Wildman–Crippen LogP) is 5.57. The maximum atomic E-state index is 11.7. The first-order valence-corrected chi connectivity index (χ1v) is 10.5. The number of carbonyl (C=O) groups excluding carboxylic acids is 1. The first kappa shape index (κ1) is 21.8. The van der Waals surface area contributed by atoms with Crippen LogP contribution in [0.15, 0.2) is 68.7 Å². The Morgan fingerprint density at radius 1 is 1.07 bits per heavy atom. The highest BCUT2D eigenvalue weighted by molar-refractivity contribution is 9.11. The van der Waals surface area contributed by atoms with E-state index in [9.17, 15) is 4.79 Å². The van der Waals surface area contributed by atoms with Crippen LogP contribution in [-0.4, -0.2) is 31.3 Å². The van der Waals surface area contributed by atoms with Crippen molar-refractivity contribution in [1.29, 1.82) is 0 Å². The molecule has 154 valence electrons. The van der Waals surface area contributed by atoms with Crippen molar-refractivity contribution in [3.63, 3.8) is 0 Å². The number of benzene rings is 2. The zero-order valence-corrected chi connectivity index (χ0v) is 19.2. The number of halogens is 2. The van der Waals surface area contributed by atoms with Gasteiger partial charge >= 0.3 is 0 Å². The zero-order valence-electron chi connectivity index (χ0n) is 16.1. The summed E-state index contributed by atoms with van der Waals surface area (Å²) < 4.78 is 7.80. The highest BCUT2D eigenvalue weighted by Crippen LogP contribution is 2.32. The minimum atomic E-state index is -0.279. The van der Waals surface area contributed by atoms with Crippen molar-refractivity contribution in [2.24, 2.45) is 4.99 Å². The molecule has 0 bridgehead atoms. The van der Waals surface area contributed by atoms with E-state index in [2.05, 4.69) is 64.5 Å². The van der Waals surface area contributed by atoms with Crippen molar-refractivity contribution in [1.82, 2.24) is 10.3 Å². The lowest BCUT2D eigenvalue weighted by molar-refractivity contribution is 0.0958. The lowest BCUT2D eigenvalue weighted by Crippen LogP contribution is -2.18. The maximum absolute atomic E-state index is 11.7. The summed E-state index contributed by atoms with van der Waals surface area (Å²) in [5.74, 6) is 0.792. The molecule has 1 amide bonds. The monoisotopic (exact) mass is 531 g/mol. The molecule has 1 heterocycles. The van der Waals surface area contributed by atoms with Gasteiger partial charge in [-0.1, -0.05) is 15.9 Å². The Kier molecular flexibility index (Phi) is 7.42. The van der Waals surface area contributed by atoms with Gasteiger partial charge in [-0.2, -0.15) is 0 Å². The van der Waals surface area contributed by atoms with Crippen LogP contribution in [0.2, 0.25) is 0 Å². The van der Waals surface area contributed by atoms with Gasteiger partial charge in [0.2, 0.25) is 0 Å². The minimum Gasteiger partial charge on any atom is -0.457 e. The number of aromatic nitrogens is 1. The minimum absolute atomic E-state index is 0.278. The van der Waals surface area contributed by atoms with Gasteiger partial charge in [0.1, 0.15) is 17.2 Å². The summed E-state index contributed by atoms with van der Waals surface area (Å²) in [7, 11) is 1.55. The van der Waals surface area contributed by atoms with Crippen molar-refractivity contribution in [2.75, 3.05) is 24.3 Å². The van der Waals surface area contributed by atoms with E-state index >= 15 is 0 Å². The molecule has 0 unspecified atom stereocenters. The fourth-order valence-corrected chi connectivity index (χ4v) is 3.77. The number of amides is 1. The number of nitrogens with one attached hydrogen (secondary N) is 3. The second-order valence-electron chi connectivity index (χ2n) is 6.05. The molecule has 9 heteroatoms. The van der Waals surface area contributed by atoms with Gasteiger partial charge in [0.15, 0.2) is 0 Å². The number of hydrogen-bond donors (Lipinski definition) is 3. The number of carbonyl (C=O) groups is 1. The molecule has 1 aromatic heterocycles. The zero-order chi connectivity index (χ0) is 21.5. The van der Waals surface area contributed by atoms with Gasteiger partial charge in [-0.3, -0.25) is 14.8 Å². The summed E-state index contributed by atoms with van der Waals surface area (Å²) >= 11 is 6.96. The summed E-state index contributed by atoms with van der Waals surface area (Å²) in [5.41, 5.74) is 2.69. The van der Waals surface area contributed by atoms with E-state index < -0.39 is 0 Å². The van der Waals surface area contributed by atoms with Crippen molar-refractivity contribution >= 4 is 61.5 Å². The molecule has 0 saturated heterocycles. The van der Waals surface area contributed by atoms with Gasteiger partial charge in [0, 0.05) is 40.0 Å². The van der Waals surface area contributed by atoms with Crippen LogP contribution in [0.3, 0.4) is 0 Å². The van der Waals surface area contributed by atoms with Crippen LogP contribution >= 0.6 is 31.9 Å². The molecule has 0 fully saturated rings. The van der Waals surface area contributed by atoms with Crippen LogP contribution in [0.25, 0.3) is 0 Å². The summed E-state index contributed by atoms with van der Waals surface area (Å²) in [6.07, 6.45) is 1.52. The van der Waals surface area contributed by atoms with Crippen LogP contribution in [0, 0.1) is 0 Å². The largest absolute Gasteiger partial charge is 0.457 e. The molecule has 0 radical (unpaired) electrons. The van der Waals surface area contributed by atoms with E-state index in [1.807, 2.05) is 30.3 Å². The Hall–Kier alpha value is -2.91. The van der Waals surface area contributed by atoms with Crippen LogP contribution in [0.1, 0.15) is 10.5 Å². The third kappa shape index (κ3) is 5.58. The first-order chi connectivity index (χ1) is 14.5. The van der Waals surface area contributed by atoms with E-state index in [1.165, 1.54) is 6.20 Å². The van der Waals surface area contributed by atoms with Crippen LogP contribution in [-0.2, 0) is 0 Å². The topological polar surface area (TPSA) is 87.6 Å². The Morgan fingerprint density at radius 3 is 2.53 bits per heavy atom. The number of aliphatic imine (C=N–C) groups is 1. The Labute approximate surface area is 191 Å². The van der Waals surface area contributed by atoms with E-state index in [0.717, 1.165) is 20.3 Å². The number of rotatable bonds is 8. The fourth-order valence-electron chi connectivity index (χ4n) is 2.59. The molecule has 30 heavy (non-hydrogen) atoms. The normalized spacial score (nSPS) is 10.2. The van der Waals surface area contributed by atoms with Crippen molar-refractivity contribution < 1.29 is 9.53 Å². The molecule has 7 nitrogen and oxygen atoms in total. The SMILES string of the molecule is C=Nc1cc(Oc2ccnc(C(=O)NC)c2)ccc1NCNc1ccc(Br)cc1Br. The van der Waals surface area contributed by atoms with Gasteiger partial charge in [-0.25, -0.2) is 0 Å². The number of hydrogen-bond acceptors (Lipinski definition) is 6. The summed E-state index contributed by atoms with van der Waals surface area (Å²) in [6.45, 7) is 4.13. The highest BCUT2D eigenvalue weighted by Gasteiger charge is 2.09. The Bertz CT molecular complexity index is 1080. The fraction of sp³-hybridized carbons (Fsp3) is 0.0952. The molecule has 3 N–H and O–H groups in total. The average molecular weight is 533 g/mol. The molecule has 3 rings (SSSR count). The molecule has 0 aliphatic carbocycles. The van der Waals surface area contributed by atoms with E-state index in [0.29, 0.717) is 23.9 Å². The molecule has 2 aromatic carbocycles. The van der Waals surface area contributed by atoms with Crippen molar-refractivity contribution in [3.8, 4) is 11.5 Å². The first-order valence-electron chi connectivity index (χ1n) is 8.89. The molecular weight excluding hydrogens is 514 g/mol. The van der Waals surface area contributed by atoms with Gasteiger partial charge in [-0.05, 0) is 59.0 Å². The summed E-state index contributed by atoms with van der Waals surface area (Å²) in [6, 6.07) is 14.6. The van der Waals surface area contributed by atoms with Gasteiger partial charge < -0.3 is 20.7 Å². The van der Waals surface area contributed by atoms with E-state index in [4.69, 9.17) is 4.74 Å². The maximum Gasteiger partial charge on any atom is 0.269 e. The third-order valence-electron chi connectivity index (χ3n) is 4.06. The van der Waals surface area contributed by atoms with Crippen molar-refractivity contribution in [3.05, 3.63) is 69.4 Å². The quantitative estimate of drug-likeness (QED) is 0.260. The Balaban J connectivity index is 1.67. The smallest absolute Gasteiger partial charge is 0.269 e. The Morgan fingerprint density at radius 2 is 1.80 bits per heavy atom. The van der Waals surface area contributed by atoms with Gasteiger partial charge in [0.05, 0.1) is 18.0 Å². The van der Waals surface area contributed by atoms with Crippen LogP contribution in [0.4, 0.5) is 17.1 Å². The number of ether oxygens (including phenoxy) is 1. The second kappa shape index (κ2) is 10.2. The summed E-state index contributed by atoms with van der Waals surface area (Å²) in [4.78, 5) is 19.8. The second-order valence-corrected chi connectivity index (χ2v) is 7.82. The molecule has 0 aliphatic rings. The average Bonchev–Trinajstić information content (AvgIpc) is 2.75. The van der Waals surface area contributed by atoms with Gasteiger partial charge in [-0.15, -0.1) is 0 Å². The third-order valence-corrected chi connectivity index (χ3v) is 5.20. The molecule has 0 atom stereocenters. The van der Waals surface area contributed by atoms with Crippen molar-refractivity contribution in [2.45, 2.75) is 0 Å². The van der Waals surface area contributed by atoms with E-state index in [1.54, 1.807) is 25.2 Å². The molecule has 0 saturated carbocycles. The molecule has 0 spiro atoms. The lowest BCUT2D eigenvalue weighted by atomic mass is 10.2. The molecule has 0 aliphatic heterocycles. The van der Waals surface area contributed by atoms with E-state index in [-0.39, 0.29) is 11.6 Å². The number of nitrogens with zero attached hydrogens (tertiary/aromatic N) is 2. The van der Waals surface area contributed by atoms with Crippen LogP contribution in [0.5, 0.6) is 11.5 Å². The number of anilines is 2. The lowest BCUT2D eigenvalue weighted by Gasteiger charge is -2.14. The molecule has 3 aromatic rings. The highest BCUT2D eigenvalue weighted by atomic mass is 79.9. The van der Waals surface area contributed by atoms with Crippen LogP contribution < -0.4 is 20.7 Å². The summed E-state index contributed by atoms with van der Waals surface area (Å²) in [5, 5.41) is 9.12. The predicted molar refractivity (Wildman–Crippen MR) is 127 cm³/mol. The number of pyridine rings is 1. The molecular formula is C21H19Br2N5O2.